The first kappa shape index (κ1) is 23.3. The van der Waals surface area contributed by atoms with Gasteiger partial charge in [0.15, 0.2) is 0 Å². The number of hydrogen-bond donors (Lipinski definition) is 1. The topological polar surface area (TPSA) is 44.8 Å². The summed E-state index contributed by atoms with van der Waals surface area (Å²) < 4.78 is 5.73. The van der Waals surface area contributed by atoms with Gasteiger partial charge in [0.05, 0.1) is 11.6 Å². The molecule has 1 aliphatic carbocycles. The second-order valence-electron chi connectivity index (χ2n) is 6.58. The van der Waals surface area contributed by atoms with Crippen LogP contribution < -0.4 is 10.1 Å². The smallest absolute Gasteiger partial charge is 0.236 e. The summed E-state index contributed by atoms with van der Waals surface area (Å²) in [7, 11) is 0. The van der Waals surface area contributed by atoms with Gasteiger partial charge in [-0.3, -0.25) is 9.69 Å². The number of hydrogen-bond acceptors (Lipinski definition) is 4. The number of piperazine rings is 1. The number of halogens is 3. The summed E-state index contributed by atoms with van der Waals surface area (Å²) in [6, 6.07) is 7.53. The molecule has 1 N–H and O–H groups in total. The fourth-order valence-electron chi connectivity index (χ4n) is 2.88. The molecule has 0 unspecified atom stereocenters. The Morgan fingerprint density at radius 3 is 2.50 bits per heavy atom. The van der Waals surface area contributed by atoms with E-state index in [0.717, 1.165) is 50.9 Å². The van der Waals surface area contributed by atoms with Crippen molar-refractivity contribution in [1.29, 1.82) is 0 Å². The molecule has 8 heteroatoms. The maximum Gasteiger partial charge on any atom is 0.236 e. The van der Waals surface area contributed by atoms with E-state index in [2.05, 4.69) is 10.2 Å². The molecule has 5 nitrogen and oxygen atoms in total. The lowest BCUT2D eigenvalue weighted by Crippen LogP contribution is -2.51. The first-order valence-electron chi connectivity index (χ1n) is 8.80. The van der Waals surface area contributed by atoms with Crippen LogP contribution in [0.5, 0.6) is 5.75 Å². The van der Waals surface area contributed by atoms with Gasteiger partial charge in [0.2, 0.25) is 5.91 Å². The van der Waals surface area contributed by atoms with Crippen molar-refractivity contribution in [1.82, 2.24) is 15.1 Å². The number of nitrogens with zero attached hydrogens (tertiary/aromatic N) is 2. The van der Waals surface area contributed by atoms with Crippen molar-refractivity contribution in [2.45, 2.75) is 12.8 Å². The average Bonchev–Trinajstić information content (AvgIpc) is 3.41. The van der Waals surface area contributed by atoms with Crippen LogP contribution in [0.15, 0.2) is 24.3 Å². The molecule has 0 atom stereocenters. The lowest BCUT2D eigenvalue weighted by atomic mass is 10.3. The van der Waals surface area contributed by atoms with Crippen molar-refractivity contribution in [2.75, 3.05) is 52.4 Å². The fraction of sp³-hybridized carbons (Fsp3) is 0.611. The maximum absolute atomic E-state index is 12.1. The van der Waals surface area contributed by atoms with Crippen LogP contribution in [0.4, 0.5) is 0 Å². The van der Waals surface area contributed by atoms with Crippen LogP contribution in [0.2, 0.25) is 5.02 Å². The van der Waals surface area contributed by atoms with Crippen molar-refractivity contribution in [3.05, 3.63) is 29.3 Å². The van der Waals surface area contributed by atoms with E-state index in [0.29, 0.717) is 18.2 Å². The maximum atomic E-state index is 12.1. The fourth-order valence-corrected chi connectivity index (χ4v) is 3.07. The number of rotatable bonds is 8. The molecule has 0 radical (unpaired) electrons. The SMILES string of the molecule is Cl.Cl.O=C(CNCC1CC1)N1CCN(CCOc2ccccc2Cl)CC1. The molecular formula is C18H28Cl3N3O2. The van der Waals surface area contributed by atoms with Crippen LogP contribution in [-0.2, 0) is 4.79 Å². The van der Waals surface area contributed by atoms with E-state index < -0.39 is 0 Å². The molecule has 0 spiro atoms. The summed E-state index contributed by atoms with van der Waals surface area (Å²) >= 11 is 6.08. The van der Waals surface area contributed by atoms with Gasteiger partial charge in [-0.1, -0.05) is 23.7 Å². The van der Waals surface area contributed by atoms with E-state index in [9.17, 15) is 4.79 Å². The Kier molecular flexibility index (Phi) is 10.7. The van der Waals surface area contributed by atoms with Crippen LogP contribution in [0.25, 0.3) is 0 Å². The van der Waals surface area contributed by atoms with Crippen molar-refractivity contribution in [3.8, 4) is 5.75 Å². The minimum Gasteiger partial charge on any atom is -0.491 e. The van der Waals surface area contributed by atoms with E-state index in [4.69, 9.17) is 16.3 Å². The van der Waals surface area contributed by atoms with E-state index in [-0.39, 0.29) is 30.7 Å². The zero-order chi connectivity index (χ0) is 16.8. The second-order valence-corrected chi connectivity index (χ2v) is 6.98. The standard InChI is InChI=1S/C18H26ClN3O2.2ClH/c19-16-3-1-2-4-17(16)24-12-11-21-7-9-22(10-8-21)18(23)14-20-13-15-5-6-15;;/h1-4,15,20H,5-14H2;2*1H. The number of amides is 1. The Morgan fingerprint density at radius 2 is 1.85 bits per heavy atom. The highest BCUT2D eigenvalue weighted by Crippen LogP contribution is 2.27. The molecule has 1 amide bonds. The average molecular weight is 425 g/mol. The Hall–Kier alpha value is -0.720. The van der Waals surface area contributed by atoms with E-state index in [1.54, 1.807) is 0 Å². The van der Waals surface area contributed by atoms with Gasteiger partial charge in [-0.05, 0) is 37.4 Å². The van der Waals surface area contributed by atoms with Crippen molar-refractivity contribution in [3.63, 3.8) is 0 Å². The van der Waals surface area contributed by atoms with E-state index in [1.807, 2.05) is 29.2 Å². The van der Waals surface area contributed by atoms with Crippen LogP contribution >= 0.6 is 36.4 Å². The van der Waals surface area contributed by atoms with Crippen molar-refractivity contribution >= 4 is 42.3 Å². The normalized spacial score (nSPS) is 17.2. The molecule has 0 bridgehead atoms. The summed E-state index contributed by atoms with van der Waals surface area (Å²) in [6.45, 7) is 6.34. The molecule has 0 aromatic heterocycles. The highest BCUT2D eigenvalue weighted by atomic mass is 35.5. The number of carbonyl (C=O) groups is 1. The summed E-state index contributed by atoms with van der Waals surface area (Å²) in [5.41, 5.74) is 0. The largest absolute Gasteiger partial charge is 0.491 e. The number of nitrogens with one attached hydrogen (secondary N) is 1. The molecule has 1 heterocycles. The monoisotopic (exact) mass is 423 g/mol. The van der Waals surface area contributed by atoms with Crippen LogP contribution in [-0.4, -0.2) is 68.1 Å². The summed E-state index contributed by atoms with van der Waals surface area (Å²) in [5, 5.41) is 3.92. The summed E-state index contributed by atoms with van der Waals surface area (Å²) in [4.78, 5) is 16.4. The Balaban J connectivity index is 0.00000169. The lowest BCUT2D eigenvalue weighted by Gasteiger charge is -2.34. The van der Waals surface area contributed by atoms with Crippen LogP contribution in [0.3, 0.4) is 0 Å². The Labute approximate surface area is 173 Å². The van der Waals surface area contributed by atoms with Gasteiger partial charge >= 0.3 is 0 Å². The van der Waals surface area contributed by atoms with Gasteiger partial charge in [-0.2, -0.15) is 0 Å². The minimum atomic E-state index is 0. The Bertz CT molecular complexity index is 550. The number of carbonyl (C=O) groups excluding carboxylic acids is 1. The molecule has 1 aliphatic heterocycles. The lowest BCUT2D eigenvalue weighted by molar-refractivity contribution is -0.132. The van der Waals surface area contributed by atoms with Crippen molar-refractivity contribution in [2.24, 2.45) is 5.92 Å². The Morgan fingerprint density at radius 1 is 1.15 bits per heavy atom. The molecule has 1 saturated carbocycles. The predicted octanol–water partition coefficient (Wildman–Crippen LogP) is 2.71. The van der Waals surface area contributed by atoms with Gasteiger partial charge < -0.3 is 15.0 Å². The van der Waals surface area contributed by atoms with Gasteiger partial charge in [0, 0.05) is 32.7 Å². The molecule has 1 aromatic rings. The molecular weight excluding hydrogens is 397 g/mol. The summed E-state index contributed by atoms with van der Waals surface area (Å²) in [6.07, 6.45) is 2.63. The molecule has 1 saturated heterocycles. The number of benzene rings is 1. The van der Waals surface area contributed by atoms with E-state index >= 15 is 0 Å². The zero-order valence-corrected chi connectivity index (χ0v) is 17.3. The molecule has 148 valence electrons. The highest BCUT2D eigenvalue weighted by molar-refractivity contribution is 6.32. The van der Waals surface area contributed by atoms with Crippen molar-refractivity contribution < 1.29 is 9.53 Å². The van der Waals surface area contributed by atoms with Gasteiger partial charge in [-0.15, -0.1) is 24.8 Å². The third-order valence-corrected chi connectivity index (χ3v) is 4.95. The molecule has 1 aromatic carbocycles. The molecule has 3 rings (SSSR count). The first-order chi connectivity index (χ1) is 11.7. The molecule has 2 aliphatic rings. The number of para-hydroxylation sites is 1. The quantitative estimate of drug-likeness (QED) is 0.697. The van der Waals surface area contributed by atoms with Gasteiger partial charge in [0.1, 0.15) is 12.4 Å². The van der Waals surface area contributed by atoms with Gasteiger partial charge in [0.25, 0.3) is 0 Å². The molecule has 2 fully saturated rings. The minimum absolute atomic E-state index is 0. The first-order valence-corrected chi connectivity index (χ1v) is 9.18. The zero-order valence-electron chi connectivity index (χ0n) is 14.9. The third kappa shape index (κ3) is 7.49. The van der Waals surface area contributed by atoms with E-state index in [1.165, 1.54) is 12.8 Å². The van der Waals surface area contributed by atoms with Crippen LogP contribution in [0.1, 0.15) is 12.8 Å². The predicted molar refractivity (Wildman–Crippen MR) is 110 cm³/mol. The third-order valence-electron chi connectivity index (χ3n) is 4.63. The second kappa shape index (κ2) is 11.9. The number of ether oxygens (including phenoxy) is 1. The highest BCUT2D eigenvalue weighted by Gasteiger charge is 2.23. The van der Waals surface area contributed by atoms with Gasteiger partial charge in [-0.25, -0.2) is 0 Å². The van der Waals surface area contributed by atoms with Crippen LogP contribution in [0, 0.1) is 5.92 Å². The summed E-state index contributed by atoms with van der Waals surface area (Å²) in [5.74, 6) is 1.77. The molecule has 26 heavy (non-hydrogen) atoms.